The number of hydrogen-bond donors (Lipinski definition) is 2. The molecule has 0 bridgehead atoms. The Kier molecular flexibility index (Phi) is 6.15. The monoisotopic (exact) mass is 443 g/mol. The van der Waals surface area contributed by atoms with Crippen LogP contribution in [0.4, 0.5) is 5.69 Å². The summed E-state index contributed by atoms with van der Waals surface area (Å²) in [4.78, 5) is 16.7. The Morgan fingerprint density at radius 2 is 1.77 bits per heavy atom. The number of aliphatic imine (C=N–C) groups is 1. The Morgan fingerprint density at radius 3 is 2.47 bits per heavy atom. The van der Waals surface area contributed by atoms with E-state index >= 15 is 0 Å². The van der Waals surface area contributed by atoms with E-state index in [1.807, 2.05) is 24.3 Å². The van der Waals surface area contributed by atoms with Gasteiger partial charge in [-0.1, -0.05) is 53.7 Å². The minimum atomic E-state index is -2.94. The van der Waals surface area contributed by atoms with Crippen molar-refractivity contribution in [2.75, 3.05) is 23.4 Å². The first-order valence-corrected chi connectivity index (χ1v) is 12.7. The molecule has 158 valence electrons. The zero-order valence-electron chi connectivity index (χ0n) is 16.8. The first kappa shape index (κ1) is 20.9. The SMILES string of the molecule is Cc1ccc(CCNC(=O)Cc2ccc(NC3=N[C@@H]4CS(=O)(=O)C[C@@H]4S3)cc2)cc1. The zero-order chi connectivity index (χ0) is 21.1. The number of amidine groups is 1. The van der Waals surface area contributed by atoms with Crippen LogP contribution in [0.1, 0.15) is 16.7 Å². The third kappa shape index (κ3) is 5.43. The number of carbonyl (C=O) groups is 1. The van der Waals surface area contributed by atoms with Crippen LogP contribution >= 0.6 is 11.8 Å². The molecule has 0 aliphatic carbocycles. The number of nitrogens with zero attached hydrogens (tertiary/aromatic N) is 1. The fraction of sp³-hybridized carbons (Fsp3) is 0.364. The molecule has 2 heterocycles. The molecule has 6 nitrogen and oxygen atoms in total. The molecule has 0 spiro atoms. The number of carbonyl (C=O) groups excluding carboxylic acids is 1. The van der Waals surface area contributed by atoms with Crippen LogP contribution in [0.25, 0.3) is 0 Å². The van der Waals surface area contributed by atoms with E-state index in [4.69, 9.17) is 0 Å². The van der Waals surface area contributed by atoms with Crippen molar-refractivity contribution in [1.82, 2.24) is 5.32 Å². The number of benzene rings is 2. The number of sulfone groups is 1. The molecule has 1 saturated heterocycles. The minimum Gasteiger partial charge on any atom is -0.355 e. The highest BCUT2D eigenvalue weighted by Crippen LogP contribution is 2.34. The van der Waals surface area contributed by atoms with Gasteiger partial charge in [-0.2, -0.15) is 0 Å². The fourth-order valence-electron chi connectivity index (χ4n) is 3.59. The van der Waals surface area contributed by atoms with Gasteiger partial charge in [-0.3, -0.25) is 9.79 Å². The summed E-state index contributed by atoms with van der Waals surface area (Å²) in [6, 6.07) is 15.9. The predicted molar refractivity (Wildman–Crippen MR) is 123 cm³/mol. The predicted octanol–water partition coefficient (Wildman–Crippen LogP) is 2.58. The molecule has 0 unspecified atom stereocenters. The van der Waals surface area contributed by atoms with E-state index < -0.39 is 9.84 Å². The Hall–Kier alpha value is -2.32. The van der Waals surface area contributed by atoms with Crippen LogP contribution in [-0.2, 0) is 27.5 Å². The molecule has 0 radical (unpaired) electrons. The lowest BCUT2D eigenvalue weighted by Crippen LogP contribution is -2.27. The van der Waals surface area contributed by atoms with Gasteiger partial charge in [0.2, 0.25) is 5.91 Å². The summed E-state index contributed by atoms with van der Waals surface area (Å²) in [6.45, 7) is 2.68. The van der Waals surface area contributed by atoms with Crippen LogP contribution in [0, 0.1) is 6.92 Å². The minimum absolute atomic E-state index is 0.00702. The molecular weight excluding hydrogens is 418 g/mol. The number of aryl methyl sites for hydroxylation is 1. The molecule has 2 aliphatic heterocycles. The van der Waals surface area contributed by atoms with Crippen molar-refractivity contribution in [2.24, 2.45) is 4.99 Å². The summed E-state index contributed by atoms with van der Waals surface area (Å²) in [6.07, 6.45) is 1.16. The second kappa shape index (κ2) is 8.81. The Morgan fingerprint density at radius 1 is 1.07 bits per heavy atom. The van der Waals surface area contributed by atoms with Gasteiger partial charge in [0.15, 0.2) is 15.0 Å². The normalized spacial score (nSPS) is 21.7. The Labute approximate surface area is 181 Å². The highest BCUT2D eigenvalue weighted by Gasteiger charge is 2.42. The van der Waals surface area contributed by atoms with Gasteiger partial charge < -0.3 is 10.6 Å². The number of rotatable bonds is 6. The van der Waals surface area contributed by atoms with Gasteiger partial charge in [0.05, 0.1) is 24.0 Å². The molecule has 1 fully saturated rings. The van der Waals surface area contributed by atoms with Crippen molar-refractivity contribution in [3.05, 3.63) is 65.2 Å². The van der Waals surface area contributed by atoms with Gasteiger partial charge in [-0.25, -0.2) is 8.42 Å². The Bertz CT molecular complexity index is 1050. The molecule has 2 atom stereocenters. The number of nitrogens with one attached hydrogen (secondary N) is 2. The van der Waals surface area contributed by atoms with Crippen molar-refractivity contribution in [2.45, 2.75) is 31.1 Å². The van der Waals surface area contributed by atoms with Gasteiger partial charge in [0.1, 0.15) is 0 Å². The van der Waals surface area contributed by atoms with Crippen LogP contribution in [0.5, 0.6) is 0 Å². The molecule has 1 amide bonds. The zero-order valence-corrected chi connectivity index (χ0v) is 18.4. The van der Waals surface area contributed by atoms with Gasteiger partial charge in [0, 0.05) is 17.5 Å². The van der Waals surface area contributed by atoms with Crippen molar-refractivity contribution < 1.29 is 13.2 Å². The molecule has 2 aromatic carbocycles. The summed E-state index contributed by atoms with van der Waals surface area (Å²) in [5.74, 6) is 0.357. The van der Waals surface area contributed by atoms with Crippen molar-refractivity contribution in [3.63, 3.8) is 0 Å². The number of amides is 1. The maximum absolute atomic E-state index is 12.2. The molecule has 4 rings (SSSR count). The summed E-state index contributed by atoms with van der Waals surface area (Å²) >= 11 is 1.50. The van der Waals surface area contributed by atoms with Crippen molar-refractivity contribution in [1.29, 1.82) is 0 Å². The molecule has 30 heavy (non-hydrogen) atoms. The topological polar surface area (TPSA) is 87.6 Å². The standard InChI is InChI=1S/C22H25N3O3S2/c1-15-2-4-16(5-3-15)10-11-23-21(26)12-17-6-8-18(9-7-17)24-22-25-19-13-30(27,28)14-20(19)29-22/h2-9,19-20H,10-14H2,1H3,(H,23,26)(H,24,25)/t19-,20+/m1/s1. The van der Waals surface area contributed by atoms with E-state index in [1.54, 1.807) is 0 Å². The summed E-state index contributed by atoms with van der Waals surface area (Å²) in [5, 5.41) is 7.02. The summed E-state index contributed by atoms with van der Waals surface area (Å²) < 4.78 is 23.3. The molecular formula is C22H25N3O3S2. The first-order chi connectivity index (χ1) is 14.4. The van der Waals surface area contributed by atoms with Crippen LogP contribution in [-0.4, -0.2) is 48.8 Å². The molecule has 2 N–H and O–H groups in total. The largest absolute Gasteiger partial charge is 0.355 e. The number of anilines is 1. The van der Waals surface area contributed by atoms with Crippen LogP contribution in [0.2, 0.25) is 0 Å². The quantitative estimate of drug-likeness (QED) is 0.717. The van der Waals surface area contributed by atoms with E-state index in [0.29, 0.717) is 13.0 Å². The molecule has 2 aliphatic rings. The highest BCUT2D eigenvalue weighted by atomic mass is 32.2. The van der Waals surface area contributed by atoms with Crippen molar-refractivity contribution in [3.8, 4) is 0 Å². The lowest BCUT2D eigenvalue weighted by molar-refractivity contribution is -0.120. The van der Waals surface area contributed by atoms with Gasteiger partial charge in [0.25, 0.3) is 0 Å². The van der Waals surface area contributed by atoms with E-state index in [1.165, 1.54) is 22.9 Å². The van der Waals surface area contributed by atoms with E-state index in [-0.39, 0.29) is 28.7 Å². The molecule has 0 saturated carbocycles. The third-order valence-electron chi connectivity index (χ3n) is 5.24. The van der Waals surface area contributed by atoms with E-state index in [2.05, 4.69) is 46.8 Å². The lowest BCUT2D eigenvalue weighted by atomic mass is 10.1. The third-order valence-corrected chi connectivity index (χ3v) is 8.39. The van der Waals surface area contributed by atoms with Crippen LogP contribution in [0.3, 0.4) is 0 Å². The lowest BCUT2D eigenvalue weighted by Gasteiger charge is -2.09. The number of thioether (sulfide) groups is 1. The first-order valence-electron chi connectivity index (χ1n) is 9.99. The van der Waals surface area contributed by atoms with Crippen molar-refractivity contribution >= 4 is 38.4 Å². The molecule has 2 aromatic rings. The molecule has 0 aromatic heterocycles. The fourth-order valence-corrected chi connectivity index (χ4v) is 7.27. The smallest absolute Gasteiger partial charge is 0.224 e. The van der Waals surface area contributed by atoms with Crippen LogP contribution < -0.4 is 10.6 Å². The van der Waals surface area contributed by atoms with Gasteiger partial charge in [-0.05, 0) is 36.6 Å². The number of hydrogen-bond acceptors (Lipinski definition) is 6. The average molecular weight is 444 g/mol. The van der Waals surface area contributed by atoms with Crippen LogP contribution in [0.15, 0.2) is 53.5 Å². The highest BCUT2D eigenvalue weighted by molar-refractivity contribution is 8.15. The second-order valence-electron chi connectivity index (χ2n) is 7.82. The van der Waals surface area contributed by atoms with E-state index in [0.717, 1.165) is 22.8 Å². The average Bonchev–Trinajstić information content (AvgIpc) is 3.17. The summed E-state index contributed by atoms with van der Waals surface area (Å²) in [7, 11) is -2.94. The van der Waals surface area contributed by atoms with E-state index in [9.17, 15) is 13.2 Å². The maximum Gasteiger partial charge on any atom is 0.224 e. The maximum atomic E-state index is 12.2. The Balaban J connectivity index is 1.23. The number of fused-ring (bicyclic) bond motifs is 1. The van der Waals surface area contributed by atoms with Gasteiger partial charge in [-0.15, -0.1) is 0 Å². The van der Waals surface area contributed by atoms with Gasteiger partial charge >= 0.3 is 0 Å². The molecule has 8 heteroatoms. The second-order valence-corrected chi connectivity index (χ2v) is 11.2. The summed E-state index contributed by atoms with van der Waals surface area (Å²) in [5.41, 5.74) is 4.27.